The molecule has 2 aromatic rings. The van der Waals surface area contributed by atoms with E-state index in [9.17, 15) is 4.79 Å². The minimum atomic E-state index is -0.0588. The monoisotopic (exact) mass is 293 g/mol. The lowest BCUT2D eigenvalue weighted by atomic mass is 10.1. The number of nitrogens with zero attached hydrogens (tertiary/aromatic N) is 2. The van der Waals surface area contributed by atoms with Crippen molar-refractivity contribution >= 4 is 18.1 Å². The number of likely N-dealkylation sites (N-methyl/N-ethyl adjacent to an activating group) is 1. The average Bonchev–Trinajstić information content (AvgIpc) is 2.90. The highest BCUT2D eigenvalue weighted by Gasteiger charge is 2.12. The predicted octanol–water partition coefficient (Wildman–Crippen LogP) is 2.12. The fourth-order valence-corrected chi connectivity index (χ4v) is 1.78. The van der Waals surface area contributed by atoms with E-state index in [2.05, 4.69) is 10.2 Å². The maximum absolute atomic E-state index is 12.1. The number of H-pyrrole nitrogens is 1. The van der Waals surface area contributed by atoms with Crippen molar-refractivity contribution < 1.29 is 13.9 Å². The number of carbonyl (C=O) groups excluding carboxylic acids is 1. The van der Waals surface area contributed by atoms with Gasteiger partial charge in [0.05, 0.1) is 6.61 Å². The number of ether oxygens (including phenoxy) is 1. The van der Waals surface area contributed by atoms with E-state index in [1.54, 1.807) is 43.3 Å². The van der Waals surface area contributed by atoms with Gasteiger partial charge in [-0.15, -0.1) is 5.10 Å². The number of aromatic amines is 1. The van der Waals surface area contributed by atoms with Crippen LogP contribution in [0.15, 0.2) is 28.7 Å². The lowest BCUT2D eigenvalue weighted by molar-refractivity contribution is 0.0744. The number of nitrogens with one attached hydrogen (secondary N) is 1. The van der Waals surface area contributed by atoms with Crippen molar-refractivity contribution in [2.75, 3.05) is 27.3 Å². The van der Waals surface area contributed by atoms with E-state index in [0.717, 1.165) is 5.56 Å². The Hall–Kier alpha value is -1.99. The number of aromatic nitrogens is 2. The second kappa shape index (κ2) is 6.44. The molecule has 0 saturated heterocycles. The van der Waals surface area contributed by atoms with E-state index in [1.807, 2.05) is 0 Å². The number of hydrogen-bond acceptors (Lipinski definition) is 5. The first-order valence-electron chi connectivity index (χ1n) is 6.02. The van der Waals surface area contributed by atoms with E-state index in [4.69, 9.17) is 21.4 Å². The molecule has 0 saturated carbocycles. The molecule has 1 heterocycles. The molecule has 0 aliphatic rings. The molecule has 1 amide bonds. The summed E-state index contributed by atoms with van der Waals surface area (Å²) in [4.78, 5) is 13.9. The molecule has 0 bridgehead atoms. The molecule has 6 nitrogen and oxygen atoms in total. The molecular weight excluding hydrogens is 278 g/mol. The molecule has 1 aromatic carbocycles. The summed E-state index contributed by atoms with van der Waals surface area (Å²) in [6.07, 6.45) is 0. The van der Waals surface area contributed by atoms with Gasteiger partial charge in [0.2, 0.25) is 5.89 Å². The highest BCUT2D eigenvalue weighted by molar-refractivity contribution is 7.71. The molecule has 0 atom stereocenters. The summed E-state index contributed by atoms with van der Waals surface area (Å²) in [5.41, 5.74) is 1.36. The van der Waals surface area contributed by atoms with Crippen molar-refractivity contribution in [1.82, 2.24) is 15.1 Å². The lowest BCUT2D eigenvalue weighted by Crippen LogP contribution is -2.29. The summed E-state index contributed by atoms with van der Waals surface area (Å²) in [6.45, 7) is 1.05. The summed E-state index contributed by atoms with van der Waals surface area (Å²) in [5.74, 6) is 0.346. The molecule has 1 aromatic heterocycles. The van der Waals surface area contributed by atoms with Gasteiger partial charge in [-0.25, -0.2) is 5.10 Å². The first-order chi connectivity index (χ1) is 9.61. The summed E-state index contributed by atoms with van der Waals surface area (Å²) in [5, 5.41) is 6.48. The van der Waals surface area contributed by atoms with Crippen molar-refractivity contribution in [3.8, 4) is 11.5 Å². The Kier molecular flexibility index (Phi) is 4.65. The zero-order chi connectivity index (χ0) is 14.5. The van der Waals surface area contributed by atoms with Crippen molar-refractivity contribution in [3.63, 3.8) is 0 Å². The van der Waals surface area contributed by atoms with Crippen LogP contribution < -0.4 is 0 Å². The first-order valence-corrected chi connectivity index (χ1v) is 6.43. The van der Waals surface area contributed by atoms with Crippen LogP contribution >= 0.6 is 12.2 Å². The average molecular weight is 293 g/mol. The number of methoxy groups -OCH3 is 1. The molecule has 106 valence electrons. The maximum Gasteiger partial charge on any atom is 0.284 e. The molecule has 0 radical (unpaired) electrons. The van der Waals surface area contributed by atoms with Crippen molar-refractivity contribution in [3.05, 3.63) is 34.7 Å². The van der Waals surface area contributed by atoms with Gasteiger partial charge in [0.1, 0.15) is 0 Å². The van der Waals surface area contributed by atoms with Gasteiger partial charge >= 0.3 is 0 Å². The minimum Gasteiger partial charge on any atom is -0.409 e. The standard InChI is InChI=1S/C13H15N3O3S/c1-16(7-8-18-2)12(17)10-5-3-9(4-6-10)11-14-15-13(20)19-11/h3-6H,7-8H2,1-2H3,(H,15,20). The fourth-order valence-electron chi connectivity index (χ4n) is 1.66. The number of benzene rings is 1. The second-order valence-corrected chi connectivity index (χ2v) is 4.59. The Morgan fingerprint density at radius 3 is 2.70 bits per heavy atom. The van der Waals surface area contributed by atoms with E-state index in [1.165, 1.54) is 0 Å². The van der Waals surface area contributed by atoms with Crippen LogP contribution in [0.25, 0.3) is 11.5 Å². The van der Waals surface area contributed by atoms with Gasteiger partial charge in [0, 0.05) is 31.8 Å². The van der Waals surface area contributed by atoms with Crippen molar-refractivity contribution in [2.45, 2.75) is 0 Å². The highest BCUT2D eigenvalue weighted by Crippen LogP contribution is 2.17. The molecule has 1 N–H and O–H groups in total. The minimum absolute atomic E-state index is 0.0588. The molecule has 0 unspecified atom stereocenters. The van der Waals surface area contributed by atoms with Crippen LogP contribution in [-0.2, 0) is 4.74 Å². The Balaban J connectivity index is 2.11. The number of hydrogen-bond donors (Lipinski definition) is 1. The van der Waals surface area contributed by atoms with Crippen LogP contribution in [-0.4, -0.2) is 48.3 Å². The van der Waals surface area contributed by atoms with E-state index in [0.29, 0.717) is 24.6 Å². The van der Waals surface area contributed by atoms with Crippen LogP contribution in [0, 0.1) is 4.84 Å². The quantitative estimate of drug-likeness (QED) is 0.855. The van der Waals surface area contributed by atoms with Gasteiger partial charge in [-0.1, -0.05) is 0 Å². The maximum atomic E-state index is 12.1. The van der Waals surface area contributed by atoms with Gasteiger partial charge in [-0.3, -0.25) is 4.79 Å². The van der Waals surface area contributed by atoms with E-state index >= 15 is 0 Å². The summed E-state index contributed by atoms with van der Waals surface area (Å²) in [6, 6.07) is 7.00. The number of amides is 1. The fraction of sp³-hybridized carbons (Fsp3) is 0.308. The molecule has 0 fully saturated rings. The normalized spacial score (nSPS) is 10.5. The third kappa shape index (κ3) is 3.31. The molecule has 0 aliphatic carbocycles. The van der Waals surface area contributed by atoms with Crippen molar-refractivity contribution in [2.24, 2.45) is 0 Å². The SMILES string of the molecule is COCCN(C)C(=O)c1ccc(-c2n[nH]c(=S)o2)cc1. The largest absolute Gasteiger partial charge is 0.409 e. The summed E-state index contributed by atoms with van der Waals surface area (Å²) in [7, 11) is 3.34. The second-order valence-electron chi connectivity index (χ2n) is 4.22. The molecule has 0 aliphatic heterocycles. The highest BCUT2D eigenvalue weighted by atomic mass is 32.1. The van der Waals surface area contributed by atoms with Gasteiger partial charge < -0.3 is 14.1 Å². The number of carbonyl (C=O) groups is 1. The summed E-state index contributed by atoms with van der Waals surface area (Å²) >= 11 is 4.82. The topological polar surface area (TPSA) is 71.4 Å². The predicted molar refractivity (Wildman–Crippen MR) is 76.0 cm³/mol. The van der Waals surface area contributed by atoms with Crippen LogP contribution in [0.4, 0.5) is 0 Å². The molecular formula is C13H15N3O3S. The van der Waals surface area contributed by atoms with Gasteiger partial charge in [0.25, 0.3) is 10.7 Å². The zero-order valence-corrected chi connectivity index (χ0v) is 12.1. The molecule has 2 rings (SSSR count). The zero-order valence-electron chi connectivity index (χ0n) is 11.3. The Morgan fingerprint density at radius 1 is 1.45 bits per heavy atom. The first kappa shape index (κ1) is 14.4. The third-order valence-corrected chi connectivity index (χ3v) is 2.97. The van der Waals surface area contributed by atoms with Crippen LogP contribution in [0.5, 0.6) is 0 Å². The van der Waals surface area contributed by atoms with Crippen molar-refractivity contribution in [1.29, 1.82) is 0 Å². The lowest BCUT2D eigenvalue weighted by Gasteiger charge is -2.16. The molecule has 0 spiro atoms. The molecule has 20 heavy (non-hydrogen) atoms. The number of rotatable bonds is 5. The Bertz CT molecular complexity index is 633. The van der Waals surface area contributed by atoms with Crippen LogP contribution in [0.1, 0.15) is 10.4 Å². The van der Waals surface area contributed by atoms with Gasteiger partial charge in [0.15, 0.2) is 0 Å². The van der Waals surface area contributed by atoms with Crippen LogP contribution in [0.3, 0.4) is 0 Å². The summed E-state index contributed by atoms with van der Waals surface area (Å²) < 4.78 is 10.2. The Labute approximate surface area is 121 Å². The van der Waals surface area contributed by atoms with E-state index < -0.39 is 0 Å². The van der Waals surface area contributed by atoms with Crippen LogP contribution in [0.2, 0.25) is 0 Å². The Morgan fingerprint density at radius 2 is 2.15 bits per heavy atom. The third-order valence-electron chi connectivity index (χ3n) is 2.79. The molecule has 7 heteroatoms. The smallest absolute Gasteiger partial charge is 0.284 e. The van der Waals surface area contributed by atoms with Gasteiger partial charge in [-0.05, 0) is 36.5 Å². The van der Waals surface area contributed by atoms with E-state index in [-0.39, 0.29) is 10.7 Å². The van der Waals surface area contributed by atoms with Gasteiger partial charge in [-0.2, -0.15) is 0 Å².